The highest BCUT2D eigenvalue weighted by Crippen LogP contribution is 2.25. The van der Waals surface area contributed by atoms with Crippen LogP contribution in [0, 0.1) is 6.92 Å². The first-order chi connectivity index (χ1) is 16.1. The zero-order valence-corrected chi connectivity index (χ0v) is 19.6. The summed E-state index contributed by atoms with van der Waals surface area (Å²) in [6, 6.07) is 28.0. The summed E-state index contributed by atoms with van der Waals surface area (Å²) in [4.78, 5) is 14.6. The van der Waals surface area contributed by atoms with Gasteiger partial charge in [-0.1, -0.05) is 60.7 Å². The summed E-state index contributed by atoms with van der Waals surface area (Å²) < 4.78 is 11.5. The van der Waals surface area contributed by atoms with E-state index in [1.54, 1.807) is 24.5 Å². The van der Waals surface area contributed by atoms with Crippen LogP contribution < -0.4 is 9.47 Å². The van der Waals surface area contributed by atoms with Gasteiger partial charge in [0.25, 0.3) is 0 Å². The molecule has 0 saturated carbocycles. The fraction of sp³-hybridized carbons (Fsp3) is 0.138. The maximum atomic E-state index is 12.7. The van der Waals surface area contributed by atoms with Crippen molar-refractivity contribution in [3.05, 3.63) is 123 Å². The van der Waals surface area contributed by atoms with Crippen LogP contribution in [0.5, 0.6) is 11.5 Å². The van der Waals surface area contributed by atoms with E-state index in [2.05, 4.69) is 12.1 Å². The molecular weight excluding hydrogens is 428 g/mol. The first-order valence-corrected chi connectivity index (χ1v) is 11.6. The van der Waals surface area contributed by atoms with E-state index in [9.17, 15) is 4.79 Å². The fourth-order valence-corrected chi connectivity index (χ4v) is 4.51. The van der Waals surface area contributed by atoms with Crippen LogP contribution in [0.15, 0.2) is 91.0 Å². The van der Waals surface area contributed by atoms with Gasteiger partial charge in [-0.05, 0) is 60.0 Å². The van der Waals surface area contributed by atoms with Gasteiger partial charge in [-0.2, -0.15) is 0 Å². The fourth-order valence-electron chi connectivity index (χ4n) is 3.55. The Morgan fingerprint density at radius 3 is 2.48 bits per heavy atom. The van der Waals surface area contributed by atoms with Gasteiger partial charge in [-0.25, -0.2) is 0 Å². The third-order valence-corrected chi connectivity index (χ3v) is 6.43. The molecule has 0 aliphatic carbocycles. The van der Waals surface area contributed by atoms with Crippen LogP contribution in [0.4, 0.5) is 0 Å². The molecule has 0 amide bonds. The van der Waals surface area contributed by atoms with Crippen molar-refractivity contribution in [3.8, 4) is 11.5 Å². The van der Waals surface area contributed by atoms with Crippen molar-refractivity contribution >= 4 is 23.2 Å². The highest BCUT2D eigenvalue weighted by atomic mass is 32.1. The Balaban J connectivity index is 1.44. The minimum atomic E-state index is 0.00726. The molecule has 0 saturated heterocycles. The van der Waals surface area contributed by atoms with Gasteiger partial charge in [0.05, 0.1) is 12.0 Å². The molecule has 33 heavy (non-hydrogen) atoms. The van der Waals surface area contributed by atoms with Gasteiger partial charge in [0.1, 0.15) is 18.1 Å². The van der Waals surface area contributed by atoms with Gasteiger partial charge in [-0.15, -0.1) is 11.3 Å². The topological polar surface area (TPSA) is 35.5 Å². The largest absolute Gasteiger partial charge is 0.496 e. The monoisotopic (exact) mass is 454 g/mol. The van der Waals surface area contributed by atoms with Crippen molar-refractivity contribution in [2.45, 2.75) is 20.0 Å². The van der Waals surface area contributed by atoms with Crippen LogP contribution in [0.2, 0.25) is 0 Å². The number of aryl methyl sites for hydroxylation is 1. The van der Waals surface area contributed by atoms with Crippen molar-refractivity contribution < 1.29 is 14.3 Å². The van der Waals surface area contributed by atoms with Crippen molar-refractivity contribution in [2.24, 2.45) is 0 Å². The molecule has 1 aromatic heterocycles. The number of methoxy groups -OCH3 is 1. The van der Waals surface area contributed by atoms with E-state index in [1.807, 2.05) is 85.8 Å². The predicted molar refractivity (Wildman–Crippen MR) is 135 cm³/mol. The number of benzene rings is 3. The van der Waals surface area contributed by atoms with Crippen molar-refractivity contribution in [2.75, 3.05) is 7.11 Å². The van der Waals surface area contributed by atoms with E-state index in [1.165, 1.54) is 10.4 Å². The van der Waals surface area contributed by atoms with Crippen LogP contribution >= 0.6 is 11.3 Å². The summed E-state index contributed by atoms with van der Waals surface area (Å²) in [6.45, 7) is 2.41. The van der Waals surface area contributed by atoms with Crippen LogP contribution in [0.3, 0.4) is 0 Å². The summed E-state index contributed by atoms with van der Waals surface area (Å²) in [6.07, 6.45) is 4.31. The van der Waals surface area contributed by atoms with Crippen molar-refractivity contribution in [1.82, 2.24) is 0 Å². The van der Waals surface area contributed by atoms with Crippen LogP contribution in [0.1, 0.15) is 36.8 Å². The quantitative estimate of drug-likeness (QED) is 0.199. The molecule has 166 valence electrons. The smallest absolute Gasteiger partial charge is 0.195 e. The standard InChI is InChI=1S/C29H26O3S/c1-21-8-6-7-11-27(21)32-20-24-18-23(13-16-28(24)31-2)12-15-26(30)29-17-14-25(33-29)19-22-9-4-3-5-10-22/h3-18H,19-20H2,1-2H3/b15-12+. The molecule has 0 aliphatic rings. The van der Waals surface area contributed by atoms with Crippen molar-refractivity contribution in [1.29, 1.82) is 0 Å². The molecule has 4 heteroatoms. The average molecular weight is 455 g/mol. The molecule has 1 heterocycles. The van der Waals surface area contributed by atoms with E-state index in [0.717, 1.165) is 39.5 Å². The molecular formula is C29H26O3S. The minimum Gasteiger partial charge on any atom is -0.496 e. The normalized spacial score (nSPS) is 11.0. The summed E-state index contributed by atoms with van der Waals surface area (Å²) in [5.41, 5.74) is 4.18. The van der Waals surface area contributed by atoms with E-state index < -0.39 is 0 Å². The second-order valence-corrected chi connectivity index (χ2v) is 8.92. The zero-order valence-electron chi connectivity index (χ0n) is 18.8. The molecule has 0 bridgehead atoms. The summed E-state index contributed by atoms with van der Waals surface area (Å²) >= 11 is 1.55. The number of para-hydroxylation sites is 1. The highest BCUT2D eigenvalue weighted by molar-refractivity contribution is 7.14. The number of ketones is 1. The van der Waals surface area contributed by atoms with E-state index >= 15 is 0 Å². The molecule has 0 unspecified atom stereocenters. The molecule has 0 radical (unpaired) electrons. The zero-order chi connectivity index (χ0) is 23.0. The van der Waals surface area contributed by atoms with Crippen LogP contribution in [-0.4, -0.2) is 12.9 Å². The highest BCUT2D eigenvalue weighted by Gasteiger charge is 2.09. The Bertz CT molecular complexity index is 1250. The summed E-state index contributed by atoms with van der Waals surface area (Å²) in [5.74, 6) is 1.61. The Morgan fingerprint density at radius 2 is 1.70 bits per heavy atom. The third-order valence-electron chi connectivity index (χ3n) is 5.33. The summed E-state index contributed by atoms with van der Waals surface area (Å²) in [7, 11) is 1.65. The van der Waals surface area contributed by atoms with Gasteiger partial charge in [0.2, 0.25) is 0 Å². The number of hydrogen-bond donors (Lipinski definition) is 0. The Labute approximate surface area is 198 Å². The van der Waals surface area contributed by atoms with Gasteiger partial charge in [0, 0.05) is 16.9 Å². The van der Waals surface area contributed by atoms with Gasteiger partial charge in [-0.3, -0.25) is 4.79 Å². The third kappa shape index (κ3) is 5.99. The van der Waals surface area contributed by atoms with E-state index in [-0.39, 0.29) is 5.78 Å². The number of allylic oxidation sites excluding steroid dienone is 1. The lowest BCUT2D eigenvalue weighted by Crippen LogP contribution is -2.00. The molecule has 3 nitrogen and oxygen atoms in total. The molecule has 3 aromatic carbocycles. The number of carbonyl (C=O) groups excluding carboxylic acids is 1. The number of hydrogen-bond acceptors (Lipinski definition) is 4. The van der Waals surface area contributed by atoms with Gasteiger partial charge >= 0.3 is 0 Å². The average Bonchev–Trinajstić information content (AvgIpc) is 3.31. The predicted octanol–water partition coefficient (Wildman–Crippen LogP) is 7.13. The Morgan fingerprint density at radius 1 is 0.909 bits per heavy atom. The maximum Gasteiger partial charge on any atom is 0.195 e. The van der Waals surface area contributed by atoms with Crippen LogP contribution in [0.25, 0.3) is 6.08 Å². The SMILES string of the molecule is COc1ccc(/C=C/C(=O)c2ccc(Cc3ccccc3)s2)cc1COc1ccccc1C. The van der Waals surface area contributed by atoms with Crippen molar-refractivity contribution in [3.63, 3.8) is 0 Å². The molecule has 4 aromatic rings. The molecule has 0 atom stereocenters. The van der Waals surface area contributed by atoms with Gasteiger partial charge < -0.3 is 9.47 Å². The summed E-state index contributed by atoms with van der Waals surface area (Å²) in [5, 5.41) is 0. The second-order valence-electron chi connectivity index (χ2n) is 7.75. The maximum absolute atomic E-state index is 12.7. The second kappa shape index (κ2) is 10.8. The van der Waals surface area contributed by atoms with Gasteiger partial charge in [0.15, 0.2) is 5.78 Å². The lowest BCUT2D eigenvalue weighted by atomic mass is 10.1. The van der Waals surface area contributed by atoms with E-state index in [4.69, 9.17) is 9.47 Å². The number of carbonyl (C=O) groups is 1. The Hall–Kier alpha value is -3.63. The van der Waals surface area contributed by atoms with Crippen LogP contribution in [-0.2, 0) is 13.0 Å². The first-order valence-electron chi connectivity index (χ1n) is 10.8. The molecule has 0 aliphatic heterocycles. The lowest BCUT2D eigenvalue weighted by molar-refractivity contribution is 0.105. The minimum absolute atomic E-state index is 0.00726. The molecule has 0 fully saturated rings. The number of ether oxygens (including phenoxy) is 2. The Kier molecular flexibility index (Phi) is 7.38. The first kappa shape index (κ1) is 22.6. The number of thiophene rings is 1. The molecule has 0 N–H and O–H groups in total. The van der Waals surface area contributed by atoms with E-state index in [0.29, 0.717) is 6.61 Å². The molecule has 4 rings (SSSR count). The number of rotatable bonds is 9. The molecule has 0 spiro atoms. The lowest BCUT2D eigenvalue weighted by Gasteiger charge is -2.12.